The van der Waals surface area contributed by atoms with Crippen molar-refractivity contribution in [2.24, 2.45) is 0 Å². The number of carbonyl (C=O) groups is 1. The van der Waals surface area contributed by atoms with Crippen molar-refractivity contribution in [3.63, 3.8) is 0 Å². The molecule has 0 aliphatic rings. The summed E-state index contributed by atoms with van der Waals surface area (Å²) in [6, 6.07) is 3.63. The second-order valence-electron chi connectivity index (χ2n) is 4.02. The fourth-order valence-corrected chi connectivity index (χ4v) is 1.81. The van der Waals surface area contributed by atoms with Gasteiger partial charge in [-0.05, 0) is 26.0 Å². The molecule has 0 atom stereocenters. The number of hydrogen-bond donors (Lipinski definition) is 1. The summed E-state index contributed by atoms with van der Waals surface area (Å²) < 4.78 is 0. The molecule has 0 aromatic carbocycles. The van der Waals surface area contributed by atoms with Crippen LogP contribution in [-0.4, -0.2) is 45.4 Å². The molecular weight excluding hydrogens is 242 g/mol. The van der Waals surface area contributed by atoms with E-state index in [0.29, 0.717) is 24.6 Å². The second kappa shape index (κ2) is 6.08. The molecule has 2 heterocycles. The van der Waals surface area contributed by atoms with E-state index < -0.39 is 0 Å². The summed E-state index contributed by atoms with van der Waals surface area (Å²) in [5, 5.41) is 3.02. The first kappa shape index (κ1) is 13.2. The summed E-state index contributed by atoms with van der Waals surface area (Å²) >= 11 is 0. The minimum atomic E-state index is 0.0612. The van der Waals surface area contributed by atoms with Crippen LogP contribution in [0.15, 0.2) is 24.5 Å². The number of fused-ring (bicyclic) bond motifs is 1. The van der Waals surface area contributed by atoms with Gasteiger partial charge in [0.2, 0.25) is 5.91 Å². The number of pyridine rings is 1. The van der Waals surface area contributed by atoms with E-state index in [0.717, 1.165) is 5.52 Å². The van der Waals surface area contributed by atoms with E-state index in [2.05, 4.69) is 20.3 Å². The van der Waals surface area contributed by atoms with Crippen molar-refractivity contribution in [3.8, 4) is 0 Å². The predicted molar refractivity (Wildman–Crippen MR) is 73.8 cm³/mol. The summed E-state index contributed by atoms with van der Waals surface area (Å²) in [5.41, 5.74) is 1.31. The molecule has 0 bridgehead atoms. The van der Waals surface area contributed by atoms with Crippen molar-refractivity contribution in [3.05, 3.63) is 24.5 Å². The summed E-state index contributed by atoms with van der Waals surface area (Å²) in [5.74, 6) is 0.694. The number of nitrogens with zero attached hydrogens (tertiary/aromatic N) is 4. The number of hydrogen-bond acceptors (Lipinski definition) is 5. The predicted octanol–water partition coefficient (Wildman–Crippen LogP) is 1.31. The average molecular weight is 259 g/mol. The lowest BCUT2D eigenvalue weighted by atomic mass is 10.4. The van der Waals surface area contributed by atoms with Gasteiger partial charge in [-0.15, -0.1) is 0 Å². The van der Waals surface area contributed by atoms with Crippen molar-refractivity contribution in [2.75, 3.05) is 25.0 Å². The summed E-state index contributed by atoms with van der Waals surface area (Å²) in [6.45, 7) is 5.60. The molecule has 0 aliphatic carbocycles. The monoisotopic (exact) mass is 259 g/mol. The number of amides is 1. The molecule has 1 amide bonds. The van der Waals surface area contributed by atoms with E-state index in [1.807, 2.05) is 19.9 Å². The van der Waals surface area contributed by atoms with Crippen LogP contribution in [0.25, 0.3) is 11.2 Å². The van der Waals surface area contributed by atoms with Crippen LogP contribution in [-0.2, 0) is 4.79 Å². The average Bonchev–Trinajstić information content (AvgIpc) is 2.46. The lowest BCUT2D eigenvalue weighted by Gasteiger charge is -2.18. The van der Waals surface area contributed by atoms with Gasteiger partial charge < -0.3 is 10.2 Å². The number of carbonyl (C=O) groups excluding carboxylic acids is 1. The zero-order valence-electron chi connectivity index (χ0n) is 11.1. The maximum absolute atomic E-state index is 11.8. The highest BCUT2D eigenvalue weighted by Crippen LogP contribution is 2.09. The number of aromatic nitrogens is 3. The SMILES string of the molecule is CCN(CC)C(=O)CNc1ccc2nccnc2n1. The molecule has 6 nitrogen and oxygen atoms in total. The van der Waals surface area contributed by atoms with Gasteiger partial charge in [0.1, 0.15) is 11.3 Å². The fraction of sp³-hybridized carbons (Fsp3) is 0.385. The lowest BCUT2D eigenvalue weighted by Crippen LogP contribution is -2.35. The third kappa shape index (κ3) is 3.15. The van der Waals surface area contributed by atoms with Crippen molar-refractivity contribution >= 4 is 22.9 Å². The van der Waals surface area contributed by atoms with Crippen LogP contribution in [0.4, 0.5) is 5.82 Å². The number of nitrogens with one attached hydrogen (secondary N) is 1. The Morgan fingerprint density at radius 1 is 1.21 bits per heavy atom. The highest BCUT2D eigenvalue weighted by molar-refractivity contribution is 5.81. The smallest absolute Gasteiger partial charge is 0.241 e. The largest absolute Gasteiger partial charge is 0.361 e. The zero-order chi connectivity index (χ0) is 13.7. The Hall–Kier alpha value is -2.24. The Kier molecular flexibility index (Phi) is 4.22. The number of anilines is 1. The van der Waals surface area contributed by atoms with Crippen molar-refractivity contribution in [2.45, 2.75) is 13.8 Å². The van der Waals surface area contributed by atoms with Crippen LogP contribution in [0.5, 0.6) is 0 Å². The first-order valence-electron chi connectivity index (χ1n) is 6.34. The van der Waals surface area contributed by atoms with Crippen molar-refractivity contribution in [1.29, 1.82) is 0 Å². The van der Waals surface area contributed by atoms with E-state index in [4.69, 9.17) is 0 Å². The first-order valence-corrected chi connectivity index (χ1v) is 6.34. The van der Waals surface area contributed by atoms with Crippen molar-refractivity contribution in [1.82, 2.24) is 19.9 Å². The van der Waals surface area contributed by atoms with Gasteiger partial charge in [0.05, 0.1) is 6.54 Å². The number of rotatable bonds is 5. The molecule has 1 N–H and O–H groups in total. The molecule has 0 saturated carbocycles. The molecule has 100 valence electrons. The van der Waals surface area contributed by atoms with Gasteiger partial charge in [-0.3, -0.25) is 9.78 Å². The molecule has 2 rings (SSSR count). The highest BCUT2D eigenvalue weighted by Gasteiger charge is 2.09. The molecule has 19 heavy (non-hydrogen) atoms. The Balaban J connectivity index is 2.03. The maximum Gasteiger partial charge on any atom is 0.241 e. The molecular formula is C13H17N5O. The van der Waals surface area contributed by atoms with Gasteiger partial charge >= 0.3 is 0 Å². The van der Waals surface area contributed by atoms with Crippen LogP contribution < -0.4 is 5.32 Å². The van der Waals surface area contributed by atoms with E-state index >= 15 is 0 Å². The molecule has 0 fully saturated rings. The minimum absolute atomic E-state index is 0.0612. The quantitative estimate of drug-likeness (QED) is 0.876. The molecule has 2 aromatic rings. The Morgan fingerprint density at radius 2 is 1.95 bits per heavy atom. The molecule has 2 aromatic heterocycles. The van der Waals surface area contributed by atoms with Gasteiger partial charge in [0, 0.05) is 25.5 Å². The van der Waals surface area contributed by atoms with Crippen LogP contribution in [0.3, 0.4) is 0 Å². The molecule has 0 unspecified atom stereocenters. The Bertz CT molecular complexity index is 568. The molecule has 0 spiro atoms. The zero-order valence-corrected chi connectivity index (χ0v) is 11.1. The summed E-state index contributed by atoms with van der Waals surface area (Å²) in [6.07, 6.45) is 3.22. The Morgan fingerprint density at radius 3 is 2.68 bits per heavy atom. The molecule has 6 heteroatoms. The van der Waals surface area contributed by atoms with Gasteiger partial charge in [-0.25, -0.2) is 9.97 Å². The van der Waals surface area contributed by atoms with Crippen molar-refractivity contribution < 1.29 is 4.79 Å². The lowest BCUT2D eigenvalue weighted by molar-refractivity contribution is -0.128. The highest BCUT2D eigenvalue weighted by atomic mass is 16.2. The first-order chi connectivity index (χ1) is 9.24. The van der Waals surface area contributed by atoms with Gasteiger partial charge in [-0.2, -0.15) is 0 Å². The standard InChI is InChI=1S/C13H17N5O/c1-3-18(4-2)12(19)9-16-11-6-5-10-13(17-11)15-8-7-14-10/h5-8H,3-4,9H2,1-2H3,(H,15,16,17). The minimum Gasteiger partial charge on any atom is -0.361 e. The maximum atomic E-state index is 11.8. The van der Waals surface area contributed by atoms with Crippen LogP contribution >= 0.6 is 0 Å². The van der Waals surface area contributed by atoms with E-state index in [-0.39, 0.29) is 12.5 Å². The topological polar surface area (TPSA) is 71.0 Å². The third-order valence-corrected chi connectivity index (χ3v) is 2.87. The third-order valence-electron chi connectivity index (χ3n) is 2.87. The normalized spacial score (nSPS) is 10.4. The molecule has 0 radical (unpaired) electrons. The summed E-state index contributed by atoms with van der Waals surface area (Å²) in [7, 11) is 0. The van der Waals surface area contributed by atoms with E-state index in [1.165, 1.54) is 0 Å². The van der Waals surface area contributed by atoms with Gasteiger partial charge in [0.15, 0.2) is 5.65 Å². The molecule has 0 saturated heterocycles. The Labute approximate surface area is 111 Å². The van der Waals surface area contributed by atoms with Crippen LogP contribution in [0.2, 0.25) is 0 Å². The van der Waals surface area contributed by atoms with Crippen LogP contribution in [0.1, 0.15) is 13.8 Å². The summed E-state index contributed by atoms with van der Waals surface area (Å²) in [4.78, 5) is 26.2. The van der Waals surface area contributed by atoms with Gasteiger partial charge in [-0.1, -0.05) is 0 Å². The second-order valence-corrected chi connectivity index (χ2v) is 4.02. The fourth-order valence-electron chi connectivity index (χ4n) is 1.81. The van der Waals surface area contributed by atoms with Gasteiger partial charge in [0.25, 0.3) is 0 Å². The number of likely N-dealkylation sites (N-methyl/N-ethyl adjacent to an activating group) is 1. The van der Waals surface area contributed by atoms with E-state index in [1.54, 1.807) is 23.4 Å². The van der Waals surface area contributed by atoms with E-state index in [9.17, 15) is 4.79 Å². The van der Waals surface area contributed by atoms with Crippen LogP contribution in [0, 0.1) is 0 Å². The molecule has 0 aliphatic heterocycles.